The molecule has 0 aliphatic rings. The van der Waals surface area contributed by atoms with E-state index in [9.17, 15) is 4.79 Å². The van der Waals surface area contributed by atoms with E-state index >= 15 is 0 Å². The molecule has 0 fully saturated rings. The molecule has 0 heterocycles. The van der Waals surface area contributed by atoms with Crippen LogP contribution in [0.2, 0.25) is 0 Å². The summed E-state index contributed by atoms with van der Waals surface area (Å²) in [5, 5.41) is 5.48. The van der Waals surface area contributed by atoms with Gasteiger partial charge in [-0.3, -0.25) is 0 Å². The minimum Gasteiger partial charge on any atom is -0.489 e. The molecule has 0 atom stereocenters. The Morgan fingerprint density at radius 2 is 1.81 bits per heavy atom. The molecular formula is C17H18N2O2. The lowest BCUT2D eigenvalue weighted by Crippen LogP contribution is -2.29. The van der Waals surface area contributed by atoms with E-state index in [-0.39, 0.29) is 6.03 Å². The summed E-state index contributed by atoms with van der Waals surface area (Å²) in [6.45, 7) is 4.37. The number of rotatable bonds is 6. The highest BCUT2D eigenvalue weighted by Crippen LogP contribution is 2.18. The molecule has 2 N–H and O–H groups in total. The highest BCUT2D eigenvalue weighted by Gasteiger charge is 2.06. The molecule has 0 bridgehead atoms. The quantitative estimate of drug-likeness (QED) is 0.796. The largest absolute Gasteiger partial charge is 0.489 e. The van der Waals surface area contributed by atoms with Gasteiger partial charge in [0.1, 0.15) is 12.4 Å². The monoisotopic (exact) mass is 282 g/mol. The van der Waals surface area contributed by atoms with Gasteiger partial charge in [-0.05, 0) is 18.2 Å². The summed E-state index contributed by atoms with van der Waals surface area (Å²) in [5.41, 5.74) is 1.64. The second-order valence-corrected chi connectivity index (χ2v) is 4.38. The number of nitrogens with one attached hydrogen (secondary N) is 2. The highest BCUT2D eigenvalue weighted by atomic mass is 16.5. The Labute approximate surface area is 124 Å². The third kappa shape index (κ3) is 4.69. The van der Waals surface area contributed by atoms with Crippen LogP contribution in [0.25, 0.3) is 0 Å². The zero-order valence-corrected chi connectivity index (χ0v) is 11.7. The van der Waals surface area contributed by atoms with Crippen LogP contribution < -0.4 is 15.4 Å². The van der Waals surface area contributed by atoms with Gasteiger partial charge in [-0.2, -0.15) is 0 Å². The molecule has 2 aromatic carbocycles. The third-order valence-electron chi connectivity index (χ3n) is 2.81. The molecule has 2 amide bonds. The van der Waals surface area contributed by atoms with E-state index in [1.165, 1.54) is 0 Å². The number of carbonyl (C=O) groups is 1. The Morgan fingerprint density at radius 3 is 2.57 bits per heavy atom. The van der Waals surface area contributed by atoms with Crippen molar-refractivity contribution in [1.29, 1.82) is 0 Å². The highest BCUT2D eigenvalue weighted by molar-refractivity contribution is 5.90. The molecule has 0 aromatic heterocycles. The zero-order valence-electron chi connectivity index (χ0n) is 11.7. The van der Waals surface area contributed by atoms with Gasteiger partial charge in [-0.1, -0.05) is 42.5 Å². The standard InChI is InChI=1S/C17H18N2O2/c1-2-12-18-17(20)19-16-11-7-6-8-14(16)13-21-15-9-4-3-5-10-15/h2-11H,1,12-13H2,(H2,18,19,20). The van der Waals surface area contributed by atoms with Gasteiger partial charge in [0.15, 0.2) is 0 Å². The van der Waals surface area contributed by atoms with Gasteiger partial charge >= 0.3 is 6.03 Å². The first-order valence-electron chi connectivity index (χ1n) is 6.71. The van der Waals surface area contributed by atoms with E-state index < -0.39 is 0 Å². The van der Waals surface area contributed by atoms with Gasteiger partial charge in [0.05, 0.1) is 0 Å². The minimum atomic E-state index is -0.262. The first kappa shape index (κ1) is 14.7. The van der Waals surface area contributed by atoms with E-state index in [4.69, 9.17) is 4.74 Å². The van der Waals surface area contributed by atoms with Crippen LogP contribution in [0.15, 0.2) is 67.3 Å². The minimum absolute atomic E-state index is 0.262. The maximum Gasteiger partial charge on any atom is 0.319 e. The predicted molar refractivity (Wildman–Crippen MR) is 84.4 cm³/mol. The molecule has 0 saturated heterocycles. The second kappa shape index (κ2) is 7.75. The van der Waals surface area contributed by atoms with Crippen molar-refractivity contribution in [2.75, 3.05) is 11.9 Å². The summed E-state index contributed by atoms with van der Waals surface area (Å²) in [4.78, 5) is 11.7. The maximum absolute atomic E-state index is 11.7. The fourth-order valence-corrected chi connectivity index (χ4v) is 1.78. The van der Waals surface area contributed by atoms with Crippen molar-refractivity contribution < 1.29 is 9.53 Å². The normalized spacial score (nSPS) is 9.71. The van der Waals surface area contributed by atoms with Crippen molar-refractivity contribution in [3.05, 3.63) is 72.8 Å². The molecule has 4 nitrogen and oxygen atoms in total. The lowest BCUT2D eigenvalue weighted by atomic mass is 10.2. The van der Waals surface area contributed by atoms with E-state index in [1.54, 1.807) is 6.08 Å². The molecule has 0 saturated carbocycles. The summed E-state index contributed by atoms with van der Waals surface area (Å²) >= 11 is 0. The van der Waals surface area contributed by atoms with Crippen LogP contribution in [-0.2, 0) is 6.61 Å². The van der Waals surface area contributed by atoms with Crippen molar-refractivity contribution in [1.82, 2.24) is 5.32 Å². The molecule has 4 heteroatoms. The second-order valence-electron chi connectivity index (χ2n) is 4.38. The van der Waals surface area contributed by atoms with Crippen molar-refractivity contribution >= 4 is 11.7 Å². The fourth-order valence-electron chi connectivity index (χ4n) is 1.78. The van der Waals surface area contributed by atoms with Crippen molar-refractivity contribution in [3.63, 3.8) is 0 Å². The molecular weight excluding hydrogens is 264 g/mol. The number of para-hydroxylation sites is 2. The number of anilines is 1. The van der Waals surface area contributed by atoms with Gasteiger partial charge in [0.2, 0.25) is 0 Å². The van der Waals surface area contributed by atoms with Crippen molar-refractivity contribution in [3.8, 4) is 5.75 Å². The molecule has 0 aliphatic carbocycles. The van der Waals surface area contributed by atoms with E-state index in [2.05, 4.69) is 17.2 Å². The number of carbonyl (C=O) groups excluding carboxylic acids is 1. The van der Waals surface area contributed by atoms with Crippen LogP contribution >= 0.6 is 0 Å². The Bertz CT molecular complexity index is 597. The van der Waals surface area contributed by atoms with Crippen LogP contribution in [-0.4, -0.2) is 12.6 Å². The molecule has 108 valence electrons. The summed E-state index contributed by atoms with van der Waals surface area (Å²) in [6, 6.07) is 16.9. The smallest absolute Gasteiger partial charge is 0.319 e. The topological polar surface area (TPSA) is 50.4 Å². The zero-order chi connectivity index (χ0) is 14.9. The summed E-state index contributed by atoms with van der Waals surface area (Å²) in [7, 11) is 0. The third-order valence-corrected chi connectivity index (χ3v) is 2.81. The summed E-state index contributed by atoms with van der Waals surface area (Å²) in [5.74, 6) is 0.795. The summed E-state index contributed by atoms with van der Waals surface area (Å²) < 4.78 is 5.71. The maximum atomic E-state index is 11.7. The number of benzene rings is 2. The van der Waals surface area contributed by atoms with Gasteiger partial charge in [-0.25, -0.2) is 4.79 Å². The lowest BCUT2D eigenvalue weighted by molar-refractivity contribution is 0.253. The SMILES string of the molecule is C=CCNC(=O)Nc1ccccc1COc1ccccc1. The summed E-state index contributed by atoms with van der Waals surface area (Å²) in [6.07, 6.45) is 1.63. The van der Waals surface area contributed by atoms with E-state index in [0.29, 0.717) is 13.2 Å². The number of hydrogen-bond acceptors (Lipinski definition) is 2. The number of hydrogen-bond donors (Lipinski definition) is 2. The molecule has 2 aromatic rings. The number of urea groups is 1. The average Bonchev–Trinajstić information content (AvgIpc) is 2.53. The fraction of sp³-hybridized carbons (Fsp3) is 0.118. The molecule has 0 radical (unpaired) electrons. The first-order valence-corrected chi connectivity index (χ1v) is 6.71. The van der Waals surface area contributed by atoms with Gasteiger partial charge in [0.25, 0.3) is 0 Å². The van der Waals surface area contributed by atoms with Crippen molar-refractivity contribution in [2.24, 2.45) is 0 Å². The average molecular weight is 282 g/mol. The molecule has 21 heavy (non-hydrogen) atoms. The van der Waals surface area contributed by atoms with Gasteiger partial charge < -0.3 is 15.4 Å². The Kier molecular flexibility index (Phi) is 5.41. The van der Waals surface area contributed by atoms with Crippen molar-refractivity contribution in [2.45, 2.75) is 6.61 Å². The predicted octanol–water partition coefficient (Wildman–Crippen LogP) is 3.57. The molecule has 0 unspecified atom stereocenters. The Morgan fingerprint density at radius 1 is 1.10 bits per heavy atom. The van der Waals surface area contributed by atoms with Gasteiger partial charge in [-0.15, -0.1) is 6.58 Å². The van der Waals surface area contributed by atoms with E-state index in [1.807, 2.05) is 54.6 Å². The van der Waals surface area contributed by atoms with Crippen LogP contribution in [0.3, 0.4) is 0 Å². The Balaban J connectivity index is 1.99. The first-order chi connectivity index (χ1) is 10.3. The number of ether oxygens (including phenoxy) is 1. The lowest BCUT2D eigenvalue weighted by Gasteiger charge is -2.12. The van der Waals surface area contributed by atoms with Crippen LogP contribution in [0.1, 0.15) is 5.56 Å². The molecule has 0 aliphatic heterocycles. The van der Waals surface area contributed by atoms with E-state index in [0.717, 1.165) is 17.0 Å². The molecule has 2 rings (SSSR count). The van der Waals surface area contributed by atoms with Crippen LogP contribution in [0.5, 0.6) is 5.75 Å². The Hall–Kier alpha value is -2.75. The van der Waals surface area contributed by atoms with Gasteiger partial charge in [0, 0.05) is 17.8 Å². The van der Waals surface area contributed by atoms with Crippen LogP contribution in [0, 0.1) is 0 Å². The number of amides is 2. The van der Waals surface area contributed by atoms with Crippen LogP contribution in [0.4, 0.5) is 10.5 Å². The molecule has 0 spiro atoms.